The van der Waals surface area contributed by atoms with Gasteiger partial charge in [-0.2, -0.15) is 16.8 Å². The smallest absolute Gasteiger partial charge is 0.411 e. The fourth-order valence-corrected chi connectivity index (χ4v) is 12.4. The second kappa shape index (κ2) is 13.3. The SMILES string of the molecule is CC(C)CCC[C@@H](C)[C@H]1CC[C@H]2[C@@H]3CC=C4CC(OC(=O)Nc5ccc(S(=O)(=O)O)c6cccc(S(=O)(=O)O)c56)CC[C@]4(C)[C@H]3CC[C@]12C. The lowest BCUT2D eigenvalue weighted by atomic mass is 9.47. The van der Waals surface area contributed by atoms with Crippen LogP contribution in [0.4, 0.5) is 10.5 Å². The number of ether oxygens (including phenoxy) is 1. The summed E-state index contributed by atoms with van der Waals surface area (Å²) in [6.07, 6.45) is 13.8. The van der Waals surface area contributed by atoms with Gasteiger partial charge in [-0.05, 0) is 109 Å². The zero-order valence-electron chi connectivity index (χ0n) is 29.4. The molecule has 0 aromatic heterocycles. The molecule has 0 spiro atoms. The number of carbonyl (C=O) groups is 1. The van der Waals surface area contributed by atoms with Crippen LogP contribution in [0, 0.1) is 46.3 Å². The van der Waals surface area contributed by atoms with Crippen molar-refractivity contribution in [1.29, 1.82) is 0 Å². The fraction of sp³-hybridized carbons (Fsp3) is 0.658. The highest BCUT2D eigenvalue weighted by atomic mass is 32.2. The van der Waals surface area contributed by atoms with E-state index in [2.05, 4.69) is 46.0 Å². The maximum absolute atomic E-state index is 13.2. The number of allylic oxidation sites excluding steroid dienone is 1. The van der Waals surface area contributed by atoms with Gasteiger partial charge < -0.3 is 4.74 Å². The molecular formula is C38H53NO8S2. The molecule has 0 heterocycles. The monoisotopic (exact) mass is 715 g/mol. The Labute approximate surface area is 292 Å². The molecule has 270 valence electrons. The van der Waals surface area contributed by atoms with E-state index in [-0.39, 0.29) is 28.0 Å². The third-order valence-electron chi connectivity index (χ3n) is 13.3. The Morgan fingerprint density at radius 2 is 1.65 bits per heavy atom. The van der Waals surface area contributed by atoms with Crippen molar-refractivity contribution >= 4 is 42.8 Å². The topological polar surface area (TPSA) is 147 Å². The molecule has 0 radical (unpaired) electrons. The first-order chi connectivity index (χ1) is 22.9. The molecule has 2 aromatic rings. The highest BCUT2D eigenvalue weighted by molar-refractivity contribution is 7.86. The summed E-state index contributed by atoms with van der Waals surface area (Å²) in [5, 5.41) is 2.18. The molecule has 0 aliphatic heterocycles. The third-order valence-corrected chi connectivity index (χ3v) is 15.1. The molecule has 9 nitrogen and oxygen atoms in total. The van der Waals surface area contributed by atoms with E-state index in [4.69, 9.17) is 4.74 Å². The van der Waals surface area contributed by atoms with Crippen LogP contribution in [0.5, 0.6) is 0 Å². The van der Waals surface area contributed by atoms with E-state index in [1.54, 1.807) is 0 Å². The summed E-state index contributed by atoms with van der Waals surface area (Å²) >= 11 is 0. The Hall–Kier alpha value is -2.47. The third kappa shape index (κ3) is 6.81. The van der Waals surface area contributed by atoms with Crippen LogP contribution < -0.4 is 5.32 Å². The molecule has 4 aliphatic rings. The molecule has 2 aromatic carbocycles. The van der Waals surface area contributed by atoms with Crippen LogP contribution in [0.3, 0.4) is 0 Å². The second-order valence-corrected chi connectivity index (χ2v) is 19.2. The molecule has 49 heavy (non-hydrogen) atoms. The predicted molar refractivity (Wildman–Crippen MR) is 191 cm³/mol. The van der Waals surface area contributed by atoms with Crippen LogP contribution in [0.2, 0.25) is 0 Å². The van der Waals surface area contributed by atoms with Crippen molar-refractivity contribution < 1.29 is 35.5 Å². The quantitative estimate of drug-likeness (QED) is 0.172. The lowest BCUT2D eigenvalue weighted by Crippen LogP contribution is -2.51. The van der Waals surface area contributed by atoms with Gasteiger partial charge in [-0.3, -0.25) is 14.4 Å². The lowest BCUT2D eigenvalue weighted by Gasteiger charge is -2.58. The number of hydrogen-bond acceptors (Lipinski definition) is 6. The van der Waals surface area contributed by atoms with Crippen LogP contribution in [-0.2, 0) is 25.0 Å². The summed E-state index contributed by atoms with van der Waals surface area (Å²) < 4.78 is 74.0. The van der Waals surface area contributed by atoms with Crippen molar-refractivity contribution in [2.45, 2.75) is 121 Å². The molecule has 0 saturated heterocycles. The zero-order chi connectivity index (χ0) is 35.5. The molecule has 11 heteroatoms. The van der Waals surface area contributed by atoms with Crippen molar-refractivity contribution in [3.05, 3.63) is 42.0 Å². The Kier molecular flexibility index (Phi) is 9.83. The number of fused-ring (bicyclic) bond motifs is 6. The van der Waals surface area contributed by atoms with Crippen LogP contribution >= 0.6 is 0 Å². The molecular weight excluding hydrogens is 663 g/mol. The minimum Gasteiger partial charge on any atom is -0.446 e. The van der Waals surface area contributed by atoms with Gasteiger partial charge >= 0.3 is 6.09 Å². The minimum atomic E-state index is -4.81. The van der Waals surface area contributed by atoms with Crippen molar-refractivity contribution in [3.8, 4) is 0 Å². The van der Waals surface area contributed by atoms with Crippen LogP contribution in [0.1, 0.15) is 105 Å². The Bertz CT molecular complexity index is 1850. The average molecular weight is 716 g/mol. The van der Waals surface area contributed by atoms with E-state index in [1.165, 1.54) is 68.7 Å². The van der Waals surface area contributed by atoms with Gasteiger partial charge in [0, 0.05) is 17.2 Å². The molecule has 6 rings (SSSR count). The van der Waals surface area contributed by atoms with Gasteiger partial charge in [0.25, 0.3) is 20.2 Å². The molecule has 3 N–H and O–H groups in total. The normalized spacial score (nSPS) is 32.2. The first-order valence-electron chi connectivity index (χ1n) is 18.1. The Morgan fingerprint density at radius 3 is 2.35 bits per heavy atom. The van der Waals surface area contributed by atoms with Crippen molar-refractivity contribution in [2.24, 2.45) is 46.3 Å². The maximum Gasteiger partial charge on any atom is 0.411 e. The van der Waals surface area contributed by atoms with E-state index in [0.29, 0.717) is 30.1 Å². The molecule has 0 bridgehead atoms. The lowest BCUT2D eigenvalue weighted by molar-refractivity contribution is -0.0577. The van der Waals surface area contributed by atoms with Gasteiger partial charge in [-0.1, -0.05) is 77.7 Å². The maximum atomic E-state index is 13.2. The number of rotatable bonds is 9. The van der Waals surface area contributed by atoms with Gasteiger partial charge in [0.2, 0.25) is 0 Å². The molecule has 1 amide bonds. The van der Waals surface area contributed by atoms with Crippen molar-refractivity contribution in [2.75, 3.05) is 5.32 Å². The number of carbonyl (C=O) groups excluding carboxylic acids is 1. The average Bonchev–Trinajstić information content (AvgIpc) is 3.37. The minimum absolute atomic E-state index is 0.0599. The Balaban J connectivity index is 1.16. The fourth-order valence-electron chi connectivity index (χ4n) is 10.9. The van der Waals surface area contributed by atoms with Crippen molar-refractivity contribution in [1.82, 2.24) is 0 Å². The summed E-state index contributed by atoms with van der Waals surface area (Å²) in [6, 6.07) is 5.89. The predicted octanol–water partition coefficient (Wildman–Crippen LogP) is 9.29. The summed E-state index contributed by atoms with van der Waals surface area (Å²) in [4.78, 5) is 12.1. The highest BCUT2D eigenvalue weighted by Gasteiger charge is 2.59. The van der Waals surface area contributed by atoms with Gasteiger partial charge in [0.05, 0.1) is 5.69 Å². The van der Waals surface area contributed by atoms with Crippen LogP contribution in [0.15, 0.2) is 51.8 Å². The van der Waals surface area contributed by atoms with Gasteiger partial charge in [0.15, 0.2) is 0 Å². The van der Waals surface area contributed by atoms with E-state index < -0.39 is 36.1 Å². The Morgan fingerprint density at radius 1 is 0.918 bits per heavy atom. The number of benzene rings is 2. The van der Waals surface area contributed by atoms with E-state index in [0.717, 1.165) is 48.6 Å². The number of amides is 1. The van der Waals surface area contributed by atoms with Crippen LogP contribution in [0.25, 0.3) is 10.8 Å². The van der Waals surface area contributed by atoms with Gasteiger partial charge in [-0.25, -0.2) is 4.79 Å². The summed E-state index contributed by atoms with van der Waals surface area (Å²) in [5.74, 6) is 4.42. The van der Waals surface area contributed by atoms with E-state index >= 15 is 0 Å². The van der Waals surface area contributed by atoms with E-state index in [1.807, 2.05) is 0 Å². The number of anilines is 1. The van der Waals surface area contributed by atoms with E-state index in [9.17, 15) is 30.7 Å². The molecule has 3 fully saturated rings. The standard InChI is InChI=1S/C38H53NO8S2/c1-23(2)8-6-9-24(3)29-14-15-30-27-13-12-25-22-26(18-20-37(25,4)31(27)19-21-38(29,30)5)47-36(40)39-32-16-17-33(48(41,42)43)28-10-7-11-34(35(28)32)49(44,45)46/h7,10-12,16-17,23-24,26-27,29-31H,6,8-9,13-15,18-22H2,1-5H3,(H,39,40)(H,41,42,43)(H,44,45,46)/t24-,26?,27+,29-,30+,31+,37+,38-/m1/s1. The molecule has 8 atom stereocenters. The first-order valence-corrected chi connectivity index (χ1v) is 21.0. The number of hydrogen-bond donors (Lipinski definition) is 3. The van der Waals surface area contributed by atoms with Gasteiger partial charge in [-0.15, -0.1) is 0 Å². The van der Waals surface area contributed by atoms with Crippen LogP contribution in [-0.4, -0.2) is 38.1 Å². The summed E-state index contributed by atoms with van der Waals surface area (Å²) in [7, 11) is -9.54. The summed E-state index contributed by atoms with van der Waals surface area (Å²) in [6.45, 7) is 12.2. The molecule has 4 aliphatic carbocycles. The van der Waals surface area contributed by atoms with Gasteiger partial charge in [0.1, 0.15) is 15.9 Å². The zero-order valence-corrected chi connectivity index (χ0v) is 31.1. The molecule has 3 saturated carbocycles. The van der Waals surface area contributed by atoms with Crippen molar-refractivity contribution in [3.63, 3.8) is 0 Å². The number of nitrogens with one attached hydrogen (secondary N) is 1. The second-order valence-electron chi connectivity index (χ2n) is 16.4. The highest BCUT2D eigenvalue weighted by Crippen LogP contribution is 2.67. The summed E-state index contributed by atoms with van der Waals surface area (Å²) in [5.41, 5.74) is 1.80. The largest absolute Gasteiger partial charge is 0.446 e. The first kappa shape index (κ1) is 36.3. The molecule has 1 unspecified atom stereocenters.